The van der Waals surface area contributed by atoms with E-state index in [1.807, 2.05) is 0 Å². The molecule has 0 saturated heterocycles. The molecule has 0 nitrogen and oxygen atoms in total. The Labute approximate surface area is 128 Å². The second-order valence-corrected chi connectivity index (χ2v) is 6.50. The Kier molecular flexibility index (Phi) is 3.02. The molecule has 3 aromatic rings. The Morgan fingerprint density at radius 3 is 2.18 bits per heavy atom. The number of hydrogen-bond donors (Lipinski definition) is 0. The van der Waals surface area contributed by atoms with Gasteiger partial charge in [-0.1, -0.05) is 30.3 Å². The molecule has 0 spiro atoms. The molecule has 0 saturated carbocycles. The van der Waals surface area contributed by atoms with E-state index in [0.717, 1.165) is 0 Å². The summed E-state index contributed by atoms with van der Waals surface area (Å²) in [6.07, 6.45) is 0. The number of benzene rings is 3. The zero-order valence-corrected chi connectivity index (χ0v) is 13.6. The van der Waals surface area contributed by atoms with Gasteiger partial charge >= 0.3 is 0 Å². The molecule has 84 valence electrons. The number of rotatable bonds is 0. The molecule has 0 amide bonds. The van der Waals surface area contributed by atoms with Crippen LogP contribution in [-0.2, 0) is 0 Å². The fourth-order valence-electron chi connectivity index (χ4n) is 2.32. The van der Waals surface area contributed by atoms with Crippen LogP contribution in [0.5, 0.6) is 0 Å². The van der Waals surface area contributed by atoms with E-state index in [-0.39, 0.29) is 0 Å². The number of hydrogen-bond acceptors (Lipinski definition) is 0. The first-order chi connectivity index (χ1) is 8.18. The number of aryl methyl sites for hydroxylation is 1. The highest BCUT2D eigenvalue weighted by Gasteiger charge is 2.08. The van der Waals surface area contributed by atoms with Crippen molar-refractivity contribution in [3.8, 4) is 0 Å². The van der Waals surface area contributed by atoms with E-state index in [1.54, 1.807) is 0 Å². The van der Waals surface area contributed by atoms with Crippen molar-refractivity contribution in [2.24, 2.45) is 0 Å². The van der Waals surface area contributed by atoms with E-state index < -0.39 is 0 Å². The van der Waals surface area contributed by atoms with Gasteiger partial charge in [-0.2, -0.15) is 0 Å². The SMILES string of the molecule is Cc1c2ccccc2c(I)c2cc(I)ccc12. The Hall–Kier alpha value is -0.360. The topological polar surface area (TPSA) is 0 Å². The summed E-state index contributed by atoms with van der Waals surface area (Å²) in [5.74, 6) is 0. The number of fused-ring (bicyclic) bond motifs is 2. The molecule has 3 rings (SSSR count). The van der Waals surface area contributed by atoms with Gasteiger partial charge in [0, 0.05) is 7.14 Å². The van der Waals surface area contributed by atoms with Gasteiger partial charge < -0.3 is 0 Å². The van der Waals surface area contributed by atoms with Crippen LogP contribution >= 0.6 is 45.2 Å². The van der Waals surface area contributed by atoms with Crippen LogP contribution in [0, 0.1) is 14.1 Å². The molecule has 0 N–H and O–H groups in total. The van der Waals surface area contributed by atoms with Crippen molar-refractivity contribution in [3.63, 3.8) is 0 Å². The van der Waals surface area contributed by atoms with E-state index in [2.05, 4.69) is 94.6 Å². The van der Waals surface area contributed by atoms with E-state index in [9.17, 15) is 0 Å². The summed E-state index contributed by atoms with van der Waals surface area (Å²) in [5, 5.41) is 5.47. The largest absolute Gasteiger partial charge is 0.0616 e. The quantitative estimate of drug-likeness (QED) is 0.317. The highest BCUT2D eigenvalue weighted by atomic mass is 127. The molecular weight excluding hydrogens is 434 g/mol. The first-order valence-corrected chi connectivity index (χ1v) is 7.60. The minimum absolute atomic E-state index is 1.29. The minimum Gasteiger partial charge on any atom is -0.0616 e. The lowest BCUT2D eigenvalue weighted by atomic mass is 9.98. The van der Waals surface area contributed by atoms with Crippen molar-refractivity contribution < 1.29 is 0 Å². The first kappa shape index (κ1) is 11.7. The van der Waals surface area contributed by atoms with Gasteiger partial charge in [0.05, 0.1) is 0 Å². The summed E-state index contributed by atoms with van der Waals surface area (Å²) in [7, 11) is 0. The van der Waals surface area contributed by atoms with Crippen LogP contribution in [0.2, 0.25) is 0 Å². The van der Waals surface area contributed by atoms with Crippen LogP contribution < -0.4 is 0 Å². The van der Waals surface area contributed by atoms with Gasteiger partial charge in [-0.15, -0.1) is 0 Å². The maximum atomic E-state index is 2.47. The van der Waals surface area contributed by atoms with Gasteiger partial charge in [0.2, 0.25) is 0 Å². The second kappa shape index (κ2) is 4.39. The van der Waals surface area contributed by atoms with Crippen LogP contribution in [0.3, 0.4) is 0 Å². The molecule has 0 heterocycles. The van der Waals surface area contributed by atoms with Crippen LogP contribution in [0.15, 0.2) is 42.5 Å². The Bertz CT molecular complexity index is 730. The zero-order valence-electron chi connectivity index (χ0n) is 9.30. The molecular formula is C15H10I2. The smallest absolute Gasteiger partial charge is 0.0287 e. The summed E-state index contributed by atoms with van der Waals surface area (Å²) in [4.78, 5) is 0. The minimum atomic E-state index is 1.29. The van der Waals surface area contributed by atoms with Crippen molar-refractivity contribution in [2.45, 2.75) is 6.92 Å². The predicted molar refractivity (Wildman–Crippen MR) is 91.6 cm³/mol. The highest BCUT2D eigenvalue weighted by molar-refractivity contribution is 14.1. The van der Waals surface area contributed by atoms with Crippen molar-refractivity contribution in [2.75, 3.05) is 0 Å². The summed E-state index contributed by atoms with van der Waals surface area (Å²) >= 11 is 4.84. The Morgan fingerprint density at radius 1 is 0.765 bits per heavy atom. The van der Waals surface area contributed by atoms with Crippen molar-refractivity contribution >= 4 is 66.7 Å². The third-order valence-electron chi connectivity index (χ3n) is 3.19. The van der Waals surface area contributed by atoms with Crippen LogP contribution in [0.1, 0.15) is 5.56 Å². The molecule has 0 aliphatic heterocycles. The van der Waals surface area contributed by atoms with Gasteiger partial charge in [0.25, 0.3) is 0 Å². The third-order valence-corrected chi connectivity index (χ3v) is 5.02. The lowest BCUT2D eigenvalue weighted by Crippen LogP contribution is -1.88. The molecule has 0 aromatic heterocycles. The van der Waals surface area contributed by atoms with E-state index in [0.29, 0.717) is 0 Å². The Morgan fingerprint density at radius 2 is 1.41 bits per heavy atom. The van der Waals surface area contributed by atoms with E-state index >= 15 is 0 Å². The Balaban J connectivity index is 2.63. The van der Waals surface area contributed by atoms with Gasteiger partial charge in [0.1, 0.15) is 0 Å². The zero-order chi connectivity index (χ0) is 12.0. The van der Waals surface area contributed by atoms with Crippen molar-refractivity contribution in [1.29, 1.82) is 0 Å². The molecule has 0 aliphatic rings. The van der Waals surface area contributed by atoms with Gasteiger partial charge in [-0.25, -0.2) is 0 Å². The number of halogens is 2. The summed E-state index contributed by atoms with van der Waals surface area (Å²) < 4.78 is 2.65. The van der Waals surface area contributed by atoms with Crippen molar-refractivity contribution in [1.82, 2.24) is 0 Å². The van der Waals surface area contributed by atoms with Crippen LogP contribution in [0.4, 0.5) is 0 Å². The monoisotopic (exact) mass is 444 g/mol. The molecule has 0 bridgehead atoms. The molecule has 0 unspecified atom stereocenters. The highest BCUT2D eigenvalue weighted by Crippen LogP contribution is 2.33. The normalized spacial score (nSPS) is 11.2. The van der Waals surface area contributed by atoms with E-state index in [4.69, 9.17) is 0 Å². The standard InChI is InChI=1S/C15H10I2/c1-9-11-4-2-3-5-13(11)15(17)14-8-10(16)6-7-12(9)14/h2-8H,1H3. The van der Waals surface area contributed by atoms with Gasteiger partial charge in [0.15, 0.2) is 0 Å². The summed E-state index contributed by atoms with van der Waals surface area (Å²) in [6, 6.07) is 15.3. The molecule has 0 radical (unpaired) electrons. The van der Waals surface area contributed by atoms with E-state index in [1.165, 1.54) is 34.2 Å². The average Bonchev–Trinajstić information content (AvgIpc) is 2.36. The van der Waals surface area contributed by atoms with Crippen LogP contribution in [0.25, 0.3) is 21.5 Å². The lowest BCUT2D eigenvalue weighted by Gasteiger charge is -2.11. The molecule has 0 aliphatic carbocycles. The lowest BCUT2D eigenvalue weighted by molar-refractivity contribution is 1.56. The molecule has 2 heteroatoms. The third kappa shape index (κ3) is 1.85. The molecule has 17 heavy (non-hydrogen) atoms. The molecule has 0 fully saturated rings. The van der Waals surface area contributed by atoms with Crippen LogP contribution in [-0.4, -0.2) is 0 Å². The average molecular weight is 444 g/mol. The maximum absolute atomic E-state index is 2.47. The van der Waals surface area contributed by atoms with Gasteiger partial charge in [-0.3, -0.25) is 0 Å². The summed E-state index contributed by atoms with van der Waals surface area (Å²) in [6.45, 7) is 2.22. The molecule has 3 aromatic carbocycles. The maximum Gasteiger partial charge on any atom is 0.0287 e. The molecule has 0 atom stereocenters. The second-order valence-electron chi connectivity index (χ2n) is 4.17. The van der Waals surface area contributed by atoms with Crippen molar-refractivity contribution in [3.05, 3.63) is 55.2 Å². The first-order valence-electron chi connectivity index (χ1n) is 5.44. The fraction of sp³-hybridized carbons (Fsp3) is 0.0667. The fourth-order valence-corrected chi connectivity index (χ4v) is 3.72. The predicted octanol–water partition coefficient (Wildman–Crippen LogP) is 5.51. The summed E-state index contributed by atoms with van der Waals surface area (Å²) in [5.41, 5.74) is 1.38. The van der Waals surface area contributed by atoms with Gasteiger partial charge in [-0.05, 0) is 91.3 Å².